The van der Waals surface area contributed by atoms with E-state index in [2.05, 4.69) is 15.1 Å². The zero-order chi connectivity index (χ0) is 34.1. The first-order chi connectivity index (χ1) is 22.9. The van der Waals surface area contributed by atoms with Gasteiger partial charge < -0.3 is 15.8 Å². The van der Waals surface area contributed by atoms with Crippen molar-refractivity contribution < 1.29 is 35.9 Å². The van der Waals surface area contributed by atoms with Crippen LogP contribution in [0, 0.1) is 0 Å². The molecule has 0 saturated carbocycles. The highest BCUT2D eigenvalue weighted by molar-refractivity contribution is 6.09. The molecule has 0 bridgehead atoms. The van der Waals surface area contributed by atoms with E-state index in [1.54, 1.807) is 6.07 Å². The van der Waals surface area contributed by atoms with Gasteiger partial charge in [-0.2, -0.15) is 26.3 Å². The SMILES string of the molecule is Nc1ccc2nc(-c3cccc(C(F)(F)F)c3)c(CN3CCC(N4CCOCC4)CC3)c(C(=O)N[C@H](c3ccccc3)C(F)(F)F)c2c1. The number of nitrogen functional groups attached to an aromatic ring is 1. The fourth-order valence-corrected chi connectivity index (χ4v) is 6.63. The predicted molar refractivity (Wildman–Crippen MR) is 170 cm³/mol. The second kappa shape index (κ2) is 13.7. The molecule has 2 aliphatic rings. The van der Waals surface area contributed by atoms with Gasteiger partial charge in [-0.05, 0) is 61.8 Å². The van der Waals surface area contributed by atoms with Crippen molar-refractivity contribution in [2.24, 2.45) is 0 Å². The van der Waals surface area contributed by atoms with Crippen molar-refractivity contribution in [3.8, 4) is 11.3 Å². The van der Waals surface area contributed by atoms with Crippen molar-refractivity contribution in [1.29, 1.82) is 0 Å². The summed E-state index contributed by atoms with van der Waals surface area (Å²) in [5.74, 6) is -1.04. The summed E-state index contributed by atoms with van der Waals surface area (Å²) in [7, 11) is 0. The highest BCUT2D eigenvalue weighted by Gasteiger charge is 2.42. The molecular weight excluding hydrogens is 636 g/mol. The molecule has 1 amide bonds. The van der Waals surface area contributed by atoms with Crippen LogP contribution < -0.4 is 11.1 Å². The second-order valence-electron chi connectivity index (χ2n) is 12.2. The number of rotatable bonds is 7. The van der Waals surface area contributed by atoms with Crippen molar-refractivity contribution in [2.45, 2.75) is 43.8 Å². The number of nitrogens with one attached hydrogen (secondary N) is 1. The molecule has 3 heterocycles. The number of ether oxygens (including phenoxy) is 1. The van der Waals surface area contributed by atoms with Gasteiger partial charge in [0.25, 0.3) is 5.91 Å². The Morgan fingerprint density at radius 3 is 2.29 bits per heavy atom. The zero-order valence-corrected chi connectivity index (χ0v) is 26.0. The highest BCUT2D eigenvalue weighted by Crippen LogP contribution is 2.38. The van der Waals surface area contributed by atoms with Crippen LogP contribution in [0.2, 0.25) is 0 Å². The number of aromatic nitrogens is 1. The lowest BCUT2D eigenvalue weighted by Gasteiger charge is -2.40. The first-order valence-electron chi connectivity index (χ1n) is 15.7. The number of pyridine rings is 1. The number of hydrogen-bond donors (Lipinski definition) is 2. The van der Waals surface area contributed by atoms with Gasteiger partial charge in [0.1, 0.15) is 0 Å². The third-order valence-electron chi connectivity index (χ3n) is 9.04. The van der Waals surface area contributed by atoms with Gasteiger partial charge in [0.2, 0.25) is 0 Å². The van der Waals surface area contributed by atoms with E-state index in [9.17, 15) is 31.1 Å². The average Bonchev–Trinajstić information content (AvgIpc) is 3.07. The van der Waals surface area contributed by atoms with E-state index in [1.165, 1.54) is 54.6 Å². The number of amides is 1. The van der Waals surface area contributed by atoms with E-state index in [0.717, 1.165) is 38.1 Å². The predicted octanol–water partition coefficient (Wildman–Crippen LogP) is 6.83. The molecule has 0 radical (unpaired) electrons. The minimum absolute atomic E-state index is 0.0733. The molecule has 0 aliphatic carbocycles. The van der Waals surface area contributed by atoms with Gasteiger partial charge >= 0.3 is 12.4 Å². The minimum Gasteiger partial charge on any atom is -0.399 e. The monoisotopic (exact) mass is 671 g/mol. The molecule has 1 atom stereocenters. The summed E-state index contributed by atoms with van der Waals surface area (Å²) in [5, 5.41) is 2.40. The number of nitrogens with zero attached hydrogens (tertiary/aromatic N) is 3. The summed E-state index contributed by atoms with van der Waals surface area (Å²) in [6.45, 7) is 4.26. The van der Waals surface area contributed by atoms with Crippen molar-refractivity contribution >= 4 is 22.5 Å². The molecule has 7 nitrogen and oxygen atoms in total. The number of carbonyl (C=O) groups is 1. The standard InChI is InChI=1S/C35H35F6N5O2/c36-34(37,38)24-8-4-7-23(19-24)31-28(21-45-13-11-26(12-14-45)46-15-17-48-18-16-46)30(27-20-25(42)9-10-29(27)43-31)33(47)44-32(35(39,40)41)22-5-2-1-3-6-22/h1-10,19-20,26,32H,11-18,21,42H2,(H,44,47)/t32-/m1/s1. The number of carbonyl (C=O) groups excluding carboxylic acids is 1. The first-order valence-corrected chi connectivity index (χ1v) is 15.7. The van der Waals surface area contributed by atoms with Crippen LogP contribution in [-0.4, -0.2) is 72.3 Å². The molecule has 0 spiro atoms. The summed E-state index contributed by atoms with van der Waals surface area (Å²) >= 11 is 0. The van der Waals surface area contributed by atoms with Gasteiger partial charge in [-0.25, -0.2) is 4.98 Å². The number of halogens is 6. The van der Waals surface area contributed by atoms with Crippen LogP contribution in [0.1, 0.15) is 45.9 Å². The molecule has 0 unspecified atom stereocenters. The van der Waals surface area contributed by atoms with Crippen molar-refractivity contribution in [3.05, 3.63) is 95.1 Å². The van der Waals surface area contributed by atoms with Crippen LogP contribution in [0.3, 0.4) is 0 Å². The Balaban J connectivity index is 1.46. The van der Waals surface area contributed by atoms with E-state index >= 15 is 0 Å². The maximum atomic E-state index is 14.5. The summed E-state index contributed by atoms with van der Waals surface area (Å²) in [6, 6.07) is 14.1. The topological polar surface area (TPSA) is 83.7 Å². The van der Waals surface area contributed by atoms with Crippen LogP contribution in [0.15, 0.2) is 72.8 Å². The molecule has 2 aliphatic heterocycles. The molecule has 3 N–H and O–H groups in total. The lowest BCUT2D eigenvalue weighted by atomic mass is 9.93. The third-order valence-corrected chi connectivity index (χ3v) is 9.04. The Kier molecular flexibility index (Phi) is 9.64. The summed E-state index contributed by atoms with van der Waals surface area (Å²) in [5.41, 5.74) is 5.77. The largest absolute Gasteiger partial charge is 0.416 e. The Bertz CT molecular complexity index is 1750. The third kappa shape index (κ3) is 7.43. The number of morpholine rings is 1. The quantitative estimate of drug-likeness (QED) is 0.166. The molecule has 3 aromatic carbocycles. The van der Waals surface area contributed by atoms with Crippen molar-refractivity contribution in [2.75, 3.05) is 45.1 Å². The van der Waals surface area contributed by atoms with E-state index < -0.39 is 29.9 Å². The molecular formula is C35H35F6N5O2. The summed E-state index contributed by atoms with van der Waals surface area (Å²) in [6.07, 6.45) is -7.89. The first kappa shape index (κ1) is 33.7. The van der Waals surface area contributed by atoms with Crippen LogP contribution in [0.5, 0.6) is 0 Å². The lowest BCUT2D eigenvalue weighted by Crippen LogP contribution is -2.48. The maximum Gasteiger partial charge on any atom is 0.416 e. The Hall–Kier alpha value is -4.20. The number of piperidine rings is 1. The second-order valence-corrected chi connectivity index (χ2v) is 12.2. The lowest BCUT2D eigenvalue weighted by molar-refractivity contribution is -0.155. The van der Waals surface area contributed by atoms with Gasteiger partial charge in [-0.1, -0.05) is 42.5 Å². The zero-order valence-electron chi connectivity index (χ0n) is 26.0. The number of alkyl halides is 6. The number of anilines is 1. The fraction of sp³-hybridized carbons (Fsp3) is 0.371. The molecule has 1 aromatic heterocycles. The molecule has 13 heteroatoms. The molecule has 254 valence electrons. The summed E-state index contributed by atoms with van der Waals surface area (Å²) in [4.78, 5) is 23.4. The van der Waals surface area contributed by atoms with Crippen molar-refractivity contribution in [1.82, 2.24) is 20.1 Å². The fourth-order valence-electron chi connectivity index (χ4n) is 6.63. The average molecular weight is 672 g/mol. The maximum absolute atomic E-state index is 14.5. The Morgan fingerprint density at radius 2 is 1.62 bits per heavy atom. The van der Waals surface area contributed by atoms with Crippen LogP contribution in [0.25, 0.3) is 22.2 Å². The molecule has 2 fully saturated rings. The van der Waals surface area contributed by atoms with Crippen LogP contribution in [-0.2, 0) is 17.5 Å². The van der Waals surface area contributed by atoms with Crippen LogP contribution in [0.4, 0.5) is 32.0 Å². The van der Waals surface area contributed by atoms with Gasteiger partial charge in [0, 0.05) is 47.9 Å². The Morgan fingerprint density at radius 1 is 0.917 bits per heavy atom. The molecule has 6 rings (SSSR count). The Labute approximate surface area is 273 Å². The normalized spacial score (nSPS) is 17.8. The number of fused-ring (bicyclic) bond motifs is 1. The molecule has 2 saturated heterocycles. The summed E-state index contributed by atoms with van der Waals surface area (Å²) < 4.78 is 90.4. The van der Waals surface area contributed by atoms with E-state index in [-0.39, 0.29) is 51.1 Å². The van der Waals surface area contributed by atoms with Crippen LogP contribution >= 0.6 is 0 Å². The van der Waals surface area contributed by atoms with Crippen molar-refractivity contribution in [3.63, 3.8) is 0 Å². The highest BCUT2D eigenvalue weighted by atomic mass is 19.4. The van der Waals surface area contributed by atoms with E-state index in [1.807, 2.05) is 0 Å². The smallest absolute Gasteiger partial charge is 0.399 e. The number of nitrogens with two attached hydrogens (primary N) is 1. The van der Waals surface area contributed by atoms with Gasteiger partial charge in [-0.3, -0.25) is 14.6 Å². The molecule has 4 aromatic rings. The van der Waals surface area contributed by atoms with Gasteiger partial charge in [0.05, 0.1) is 35.6 Å². The number of hydrogen-bond acceptors (Lipinski definition) is 6. The van der Waals surface area contributed by atoms with Gasteiger partial charge in [0.15, 0.2) is 6.04 Å². The minimum atomic E-state index is -4.84. The number of benzene rings is 3. The van der Waals surface area contributed by atoms with E-state index in [0.29, 0.717) is 32.3 Å². The molecule has 48 heavy (non-hydrogen) atoms. The van der Waals surface area contributed by atoms with E-state index in [4.69, 9.17) is 15.5 Å². The number of likely N-dealkylation sites (tertiary alicyclic amines) is 1. The van der Waals surface area contributed by atoms with Gasteiger partial charge in [-0.15, -0.1) is 0 Å².